The Kier molecular flexibility index (Phi) is 4.69. The van der Waals surface area contributed by atoms with Crippen molar-refractivity contribution >= 4 is 17.5 Å². The van der Waals surface area contributed by atoms with Gasteiger partial charge < -0.3 is 5.32 Å². The van der Waals surface area contributed by atoms with E-state index in [1.54, 1.807) is 6.92 Å². The molecule has 4 heteroatoms. The van der Waals surface area contributed by atoms with Gasteiger partial charge in [0.2, 0.25) is 5.91 Å². The fraction of sp³-hybridized carbons (Fsp3) is 0.900. The van der Waals surface area contributed by atoms with Crippen LogP contribution < -0.4 is 5.32 Å². The van der Waals surface area contributed by atoms with Crippen molar-refractivity contribution in [1.29, 1.82) is 0 Å². The molecule has 0 aromatic rings. The molecule has 0 aliphatic heterocycles. The molecule has 0 heterocycles. The summed E-state index contributed by atoms with van der Waals surface area (Å²) in [5.74, 6) is -0.0708. The van der Waals surface area contributed by atoms with E-state index < -0.39 is 5.38 Å². The van der Waals surface area contributed by atoms with Crippen LogP contribution in [-0.4, -0.2) is 41.9 Å². The fourth-order valence-electron chi connectivity index (χ4n) is 1.50. The molecule has 1 unspecified atom stereocenters. The number of carbonyl (C=O) groups is 1. The van der Waals surface area contributed by atoms with Crippen LogP contribution in [0.15, 0.2) is 0 Å². The zero-order valence-corrected chi connectivity index (χ0v) is 9.68. The first kappa shape index (κ1) is 11.8. The van der Waals surface area contributed by atoms with Gasteiger partial charge in [0, 0.05) is 19.1 Å². The van der Waals surface area contributed by atoms with Crippen LogP contribution >= 0.6 is 11.6 Å². The quantitative estimate of drug-likeness (QED) is 0.680. The molecule has 0 radical (unpaired) electrons. The Morgan fingerprint density at radius 1 is 1.64 bits per heavy atom. The molecule has 14 heavy (non-hydrogen) atoms. The van der Waals surface area contributed by atoms with Crippen molar-refractivity contribution in [2.75, 3.05) is 19.6 Å². The maximum absolute atomic E-state index is 11.1. The molecule has 1 saturated carbocycles. The average Bonchev–Trinajstić information content (AvgIpc) is 2.95. The van der Waals surface area contributed by atoms with Gasteiger partial charge in [-0.2, -0.15) is 0 Å². The van der Waals surface area contributed by atoms with Gasteiger partial charge in [-0.05, 0) is 26.3 Å². The normalized spacial score (nSPS) is 18.3. The van der Waals surface area contributed by atoms with Crippen LogP contribution in [0.25, 0.3) is 0 Å². The molecule has 0 aromatic heterocycles. The first-order valence-corrected chi connectivity index (χ1v) is 5.74. The lowest BCUT2D eigenvalue weighted by molar-refractivity contribution is -0.120. The van der Waals surface area contributed by atoms with Crippen molar-refractivity contribution < 1.29 is 4.79 Å². The maximum atomic E-state index is 11.1. The summed E-state index contributed by atoms with van der Waals surface area (Å²) in [6.07, 6.45) is 2.63. The Morgan fingerprint density at radius 3 is 2.71 bits per heavy atom. The molecule has 3 nitrogen and oxygen atoms in total. The van der Waals surface area contributed by atoms with Crippen LogP contribution in [-0.2, 0) is 4.79 Å². The smallest absolute Gasteiger partial charge is 0.237 e. The zero-order chi connectivity index (χ0) is 10.6. The monoisotopic (exact) mass is 218 g/mol. The second kappa shape index (κ2) is 5.56. The van der Waals surface area contributed by atoms with Crippen LogP contribution in [0.1, 0.15) is 26.7 Å². The molecule has 1 amide bonds. The third kappa shape index (κ3) is 3.84. The second-order valence-electron chi connectivity index (χ2n) is 3.77. The second-order valence-corrected chi connectivity index (χ2v) is 4.42. The van der Waals surface area contributed by atoms with Crippen LogP contribution in [0.2, 0.25) is 0 Å². The SMILES string of the molecule is CCN(CCNC(=O)C(C)Cl)C1CC1. The van der Waals surface area contributed by atoms with E-state index in [2.05, 4.69) is 17.1 Å². The molecule has 1 rings (SSSR count). The predicted octanol–water partition coefficient (Wildman–Crippen LogP) is 1.21. The highest BCUT2D eigenvalue weighted by molar-refractivity contribution is 6.30. The summed E-state index contributed by atoms with van der Waals surface area (Å²) in [6, 6.07) is 0.769. The Labute approximate surface area is 90.8 Å². The highest BCUT2D eigenvalue weighted by Crippen LogP contribution is 2.25. The van der Waals surface area contributed by atoms with Crippen LogP contribution in [0, 0.1) is 0 Å². The number of hydrogen-bond acceptors (Lipinski definition) is 2. The Hall–Kier alpha value is -0.280. The molecule has 1 fully saturated rings. The molecule has 0 spiro atoms. The highest BCUT2D eigenvalue weighted by Gasteiger charge is 2.27. The van der Waals surface area contributed by atoms with Crippen molar-refractivity contribution in [3.63, 3.8) is 0 Å². The van der Waals surface area contributed by atoms with Crippen molar-refractivity contribution in [3.8, 4) is 0 Å². The summed E-state index contributed by atoms with van der Waals surface area (Å²) < 4.78 is 0. The van der Waals surface area contributed by atoms with E-state index in [9.17, 15) is 4.79 Å². The van der Waals surface area contributed by atoms with Gasteiger partial charge in [0.15, 0.2) is 0 Å². The Morgan fingerprint density at radius 2 is 2.29 bits per heavy atom. The van der Waals surface area contributed by atoms with Crippen molar-refractivity contribution in [2.24, 2.45) is 0 Å². The summed E-state index contributed by atoms with van der Waals surface area (Å²) >= 11 is 5.63. The third-order valence-electron chi connectivity index (χ3n) is 2.53. The van der Waals surface area contributed by atoms with Gasteiger partial charge >= 0.3 is 0 Å². The minimum Gasteiger partial charge on any atom is -0.354 e. The highest BCUT2D eigenvalue weighted by atomic mass is 35.5. The van der Waals surface area contributed by atoms with Gasteiger partial charge in [0.1, 0.15) is 5.38 Å². The summed E-state index contributed by atoms with van der Waals surface area (Å²) in [6.45, 7) is 6.56. The number of hydrogen-bond donors (Lipinski definition) is 1. The summed E-state index contributed by atoms with van der Waals surface area (Å²) in [5, 5.41) is 2.39. The number of rotatable bonds is 6. The van der Waals surface area contributed by atoms with E-state index in [4.69, 9.17) is 11.6 Å². The van der Waals surface area contributed by atoms with Crippen molar-refractivity contribution in [3.05, 3.63) is 0 Å². The van der Waals surface area contributed by atoms with E-state index >= 15 is 0 Å². The summed E-state index contributed by atoms with van der Waals surface area (Å²) in [5.41, 5.74) is 0. The summed E-state index contributed by atoms with van der Waals surface area (Å²) in [4.78, 5) is 13.5. The van der Waals surface area contributed by atoms with E-state index in [1.807, 2.05) is 0 Å². The topological polar surface area (TPSA) is 32.3 Å². The minimum absolute atomic E-state index is 0.0708. The van der Waals surface area contributed by atoms with E-state index in [0.717, 1.165) is 19.1 Å². The van der Waals surface area contributed by atoms with Crippen LogP contribution in [0.3, 0.4) is 0 Å². The number of likely N-dealkylation sites (N-methyl/N-ethyl adjacent to an activating group) is 1. The lowest BCUT2D eigenvalue weighted by atomic mass is 10.4. The van der Waals surface area contributed by atoms with E-state index in [0.29, 0.717) is 6.54 Å². The molecule has 1 aliphatic carbocycles. The molecule has 1 atom stereocenters. The molecule has 82 valence electrons. The van der Waals surface area contributed by atoms with E-state index in [-0.39, 0.29) is 5.91 Å². The summed E-state index contributed by atoms with van der Waals surface area (Å²) in [7, 11) is 0. The fourth-order valence-corrected chi connectivity index (χ4v) is 1.58. The lowest BCUT2D eigenvalue weighted by Gasteiger charge is -2.19. The van der Waals surface area contributed by atoms with Crippen molar-refractivity contribution in [2.45, 2.75) is 38.1 Å². The standard InChI is InChI=1S/C10H19ClN2O/c1-3-13(9-4-5-9)7-6-12-10(14)8(2)11/h8-9H,3-7H2,1-2H3,(H,12,14). The van der Waals surface area contributed by atoms with Gasteiger partial charge in [-0.1, -0.05) is 6.92 Å². The van der Waals surface area contributed by atoms with Gasteiger partial charge in [-0.3, -0.25) is 9.69 Å². The average molecular weight is 219 g/mol. The number of nitrogens with zero attached hydrogens (tertiary/aromatic N) is 1. The number of amides is 1. The Bertz CT molecular complexity index is 193. The van der Waals surface area contributed by atoms with Crippen molar-refractivity contribution in [1.82, 2.24) is 10.2 Å². The molecule has 1 aliphatic rings. The number of nitrogens with one attached hydrogen (secondary N) is 1. The molecule has 0 aromatic carbocycles. The minimum atomic E-state index is -0.425. The molecular weight excluding hydrogens is 200 g/mol. The van der Waals surface area contributed by atoms with Crippen LogP contribution in [0.4, 0.5) is 0 Å². The molecular formula is C10H19ClN2O. The molecule has 1 N–H and O–H groups in total. The first-order chi connectivity index (χ1) is 6.65. The molecule has 0 saturated heterocycles. The number of halogens is 1. The van der Waals surface area contributed by atoms with Crippen LogP contribution in [0.5, 0.6) is 0 Å². The Balaban J connectivity index is 2.09. The zero-order valence-electron chi connectivity index (χ0n) is 8.92. The van der Waals surface area contributed by atoms with Gasteiger partial charge in [0.25, 0.3) is 0 Å². The largest absolute Gasteiger partial charge is 0.354 e. The predicted molar refractivity (Wildman–Crippen MR) is 58.6 cm³/mol. The lowest BCUT2D eigenvalue weighted by Crippen LogP contribution is -2.38. The maximum Gasteiger partial charge on any atom is 0.237 e. The number of carbonyl (C=O) groups excluding carboxylic acids is 1. The van der Waals surface area contributed by atoms with Gasteiger partial charge in [0.05, 0.1) is 0 Å². The van der Waals surface area contributed by atoms with E-state index in [1.165, 1.54) is 12.8 Å². The first-order valence-electron chi connectivity index (χ1n) is 5.31. The molecule has 0 bridgehead atoms. The van der Waals surface area contributed by atoms with Gasteiger partial charge in [-0.15, -0.1) is 11.6 Å². The number of alkyl halides is 1. The van der Waals surface area contributed by atoms with Gasteiger partial charge in [-0.25, -0.2) is 0 Å². The third-order valence-corrected chi connectivity index (χ3v) is 2.73.